The van der Waals surface area contributed by atoms with Gasteiger partial charge in [-0.1, -0.05) is 17.7 Å². The summed E-state index contributed by atoms with van der Waals surface area (Å²) >= 11 is 6.52. The maximum Gasteiger partial charge on any atom is 0.410 e. The summed E-state index contributed by atoms with van der Waals surface area (Å²) in [4.78, 5) is 39.0. The minimum Gasteiger partial charge on any atom is -0.444 e. The van der Waals surface area contributed by atoms with Crippen molar-refractivity contribution in [2.45, 2.75) is 52.3 Å². The molecular weight excluding hydrogens is 584 g/mol. The van der Waals surface area contributed by atoms with Gasteiger partial charge in [0.05, 0.1) is 16.1 Å². The van der Waals surface area contributed by atoms with Gasteiger partial charge in [0.1, 0.15) is 16.9 Å². The van der Waals surface area contributed by atoms with E-state index < -0.39 is 22.2 Å². The molecule has 1 amide bonds. The topological polar surface area (TPSA) is 128 Å². The number of carbonyl (C=O) groups excluding carboxylic acids is 1. The van der Waals surface area contributed by atoms with E-state index >= 15 is 0 Å². The quantitative estimate of drug-likeness (QED) is 0.183. The summed E-state index contributed by atoms with van der Waals surface area (Å²) in [5.41, 5.74) is 1.13. The molecule has 1 aliphatic rings. The van der Waals surface area contributed by atoms with Crippen LogP contribution in [0.1, 0.15) is 39.2 Å². The highest BCUT2D eigenvalue weighted by molar-refractivity contribution is 6.33. The summed E-state index contributed by atoms with van der Waals surface area (Å²) in [6.07, 6.45) is 2.76. The predicted molar refractivity (Wildman–Crippen MR) is 157 cm³/mol. The van der Waals surface area contributed by atoms with E-state index in [1.54, 1.807) is 11.0 Å². The van der Waals surface area contributed by atoms with Gasteiger partial charge >= 0.3 is 6.09 Å². The molecule has 0 spiro atoms. The fourth-order valence-electron chi connectivity index (χ4n) is 4.98. The number of amides is 1. The Morgan fingerprint density at radius 2 is 1.98 bits per heavy atom. The van der Waals surface area contributed by atoms with Gasteiger partial charge in [0.25, 0.3) is 5.69 Å². The average molecular weight is 614 g/mol. The van der Waals surface area contributed by atoms with Crippen molar-refractivity contribution >= 4 is 40.5 Å². The normalized spacial score (nSPS) is 15.5. The van der Waals surface area contributed by atoms with E-state index in [1.165, 1.54) is 24.4 Å². The number of nitro benzene ring substituents is 1. The van der Waals surface area contributed by atoms with Gasteiger partial charge in [-0.3, -0.25) is 10.1 Å². The van der Waals surface area contributed by atoms with Crippen LogP contribution in [0.2, 0.25) is 5.02 Å². The van der Waals surface area contributed by atoms with Crippen LogP contribution in [0, 0.1) is 27.7 Å². The van der Waals surface area contributed by atoms with Gasteiger partial charge in [0.2, 0.25) is 5.95 Å². The summed E-state index contributed by atoms with van der Waals surface area (Å²) in [5, 5.41) is 14.5. The van der Waals surface area contributed by atoms with Crippen LogP contribution in [0.5, 0.6) is 0 Å². The van der Waals surface area contributed by atoms with Gasteiger partial charge in [-0.05, 0) is 63.3 Å². The molecule has 0 radical (unpaired) electrons. The fraction of sp³-hybridized carbons (Fsp3) is 0.379. The number of nitro groups is 1. The molecule has 43 heavy (non-hydrogen) atoms. The third-order valence-corrected chi connectivity index (χ3v) is 7.25. The molecule has 1 saturated heterocycles. The monoisotopic (exact) mass is 613 g/mol. The van der Waals surface area contributed by atoms with E-state index in [9.17, 15) is 23.7 Å². The minimum absolute atomic E-state index is 0.0165. The Kier molecular flexibility index (Phi) is 8.45. The Morgan fingerprint density at radius 1 is 1.19 bits per heavy atom. The van der Waals surface area contributed by atoms with Crippen molar-refractivity contribution in [1.82, 2.24) is 24.4 Å². The molecule has 1 atom stereocenters. The highest BCUT2D eigenvalue weighted by Gasteiger charge is 2.29. The lowest BCUT2D eigenvalue weighted by Crippen LogP contribution is -2.43. The molecule has 5 rings (SSSR count). The summed E-state index contributed by atoms with van der Waals surface area (Å²) in [6, 6.07) is 7.78. The second kappa shape index (κ2) is 12.1. The lowest BCUT2D eigenvalue weighted by Gasteiger charge is -2.34. The number of nitrogens with zero attached hydrogens (tertiary/aromatic N) is 6. The average Bonchev–Trinajstić information content (AvgIpc) is 3.29. The first-order valence-electron chi connectivity index (χ1n) is 13.7. The molecule has 14 heteroatoms. The number of non-ortho nitro benzene ring substituents is 1. The molecule has 0 saturated carbocycles. The number of likely N-dealkylation sites (tertiary alicyclic amines) is 1. The van der Waals surface area contributed by atoms with E-state index in [2.05, 4.69) is 15.3 Å². The zero-order valence-corrected chi connectivity index (χ0v) is 24.6. The molecule has 1 fully saturated rings. The molecule has 226 valence electrons. The Morgan fingerprint density at radius 3 is 2.67 bits per heavy atom. The molecule has 0 bridgehead atoms. The molecule has 1 aliphatic heterocycles. The van der Waals surface area contributed by atoms with Crippen LogP contribution in [0.15, 0.2) is 42.6 Å². The number of piperidine rings is 1. The third-order valence-electron chi connectivity index (χ3n) is 6.94. The standard InChI is InChI=1S/C29H30ClF2N7O4/c1-29(2,3)43-28(40)37-10-4-5-18(15-37)16-38-25(20-8-7-19(39(41)42)12-21(20)30)35-24-14-34-27(36-26(24)38)33-13-17-6-9-22(31)23(32)11-17/h6-9,11-12,14,18H,4-5,10,13,15-16H2,1-3H3,(H,33,34,36)/t18-/m1/s1. The molecule has 11 nitrogen and oxygen atoms in total. The maximum atomic E-state index is 13.7. The van der Waals surface area contributed by atoms with E-state index in [0.717, 1.165) is 25.0 Å². The smallest absolute Gasteiger partial charge is 0.410 e. The number of halogens is 3. The molecule has 2 aromatic heterocycles. The van der Waals surface area contributed by atoms with Crippen LogP contribution in [0.4, 0.5) is 25.2 Å². The van der Waals surface area contributed by atoms with E-state index in [4.69, 9.17) is 21.3 Å². The second-order valence-corrected chi connectivity index (χ2v) is 11.8. The summed E-state index contributed by atoms with van der Waals surface area (Å²) < 4.78 is 34.5. The summed E-state index contributed by atoms with van der Waals surface area (Å²) in [6.45, 7) is 7.06. The number of benzene rings is 2. The molecule has 0 unspecified atom stereocenters. The maximum absolute atomic E-state index is 13.7. The number of imidazole rings is 1. The lowest BCUT2D eigenvalue weighted by atomic mass is 9.98. The fourth-order valence-corrected chi connectivity index (χ4v) is 5.24. The van der Waals surface area contributed by atoms with Crippen LogP contribution in [0.3, 0.4) is 0 Å². The van der Waals surface area contributed by atoms with E-state index in [0.29, 0.717) is 47.7 Å². The van der Waals surface area contributed by atoms with Crippen molar-refractivity contribution in [1.29, 1.82) is 0 Å². The SMILES string of the molecule is CC(C)(C)OC(=O)N1CCC[C@@H](Cn2c(-c3ccc([N+](=O)[O-])cc3Cl)nc3cnc(NCc4ccc(F)c(F)c4)nc32)C1. The van der Waals surface area contributed by atoms with Crippen LogP contribution < -0.4 is 5.32 Å². The third kappa shape index (κ3) is 6.99. The van der Waals surface area contributed by atoms with Crippen molar-refractivity contribution in [2.75, 3.05) is 18.4 Å². The first-order valence-corrected chi connectivity index (χ1v) is 14.1. The van der Waals surface area contributed by atoms with Crippen LogP contribution >= 0.6 is 11.6 Å². The predicted octanol–water partition coefficient (Wildman–Crippen LogP) is 6.59. The highest BCUT2D eigenvalue weighted by atomic mass is 35.5. The summed E-state index contributed by atoms with van der Waals surface area (Å²) in [7, 11) is 0. The summed E-state index contributed by atoms with van der Waals surface area (Å²) in [5.74, 6) is -1.19. The number of ether oxygens (including phenoxy) is 1. The van der Waals surface area contributed by atoms with Crippen LogP contribution in [-0.4, -0.2) is 54.1 Å². The molecule has 2 aromatic carbocycles. The van der Waals surface area contributed by atoms with Crippen molar-refractivity contribution in [3.8, 4) is 11.4 Å². The number of aromatic nitrogens is 4. The largest absolute Gasteiger partial charge is 0.444 e. The van der Waals surface area contributed by atoms with Gasteiger partial charge in [-0.2, -0.15) is 4.98 Å². The zero-order chi connectivity index (χ0) is 30.9. The van der Waals surface area contributed by atoms with E-state index in [1.807, 2.05) is 25.3 Å². The highest BCUT2D eigenvalue weighted by Crippen LogP contribution is 2.34. The van der Waals surface area contributed by atoms with E-state index in [-0.39, 0.29) is 35.2 Å². The van der Waals surface area contributed by atoms with Gasteiger partial charge in [0.15, 0.2) is 17.3 Å². The molecule has 4 aromatic rings. The Labute approximate surface area is 251 Å². The minimum atomic E-state index is -0.953. The van der Waals surface area contributed by atoms with Gasteiger partial charge in [-0.25, -0.2) is 23.5 Å². The number of nitrogens with one attached hydrogen (secondary N) is 1. The van der Waals surface area contributed by atoms with Gasteiger partial charge in [0, 0.05) is 43.9 Å². The van der Waals surface area contributed by atoms with Gasteiger partial charge < -0.3 is 19.5 Å². The first kappa shape index (κ1) is 30.1. The molecule has 3 heterocycles. The zero-order valence-electron chi connectivity index (χ0n) is 23.8. The van der Waals surface area contributed by atoms with Crippen LogP contribution in [-0.2, 0) is 17.8 Å². The van der Waals surface area contributed by atoms with Crippen molar-refractivity contribution in [2.24, 2.45) is 5.92 Å². The van der Waals surface area contributed by atoms with Crippen molar-refractivity contribution in [3.63, 3.8) is 0 Å². The van der Waals surface area contributed by atoms with Gasteiger partial charge in [-0.15, -0.1) is 0 Å². The first-order chi connectivity index (χ1) is 20.4. The number of carbonyl (C=O) groups is 1. The Bertz CT molecular complexity index is 1690. The van der Waals surface area contributed by atoms with Crippen LogP contribution in [0.25, 0.3) is 22.6 Å². The Hall–Kier alpha value is -4.39. The lowest BCUT2D eigenvalue weighted by molar-refractivity contribution is -0.384. The Balaban J connectivity index is 1.49. The molecule has 1 N–H and O–H groups in total. The number of hydrogen-bond acceptors (Lipinski definition) is 8. The second-order valence-electron chi connectivity index (χ2n) is 11.4. The van der Waals surface area contributed by atoms with Crippen molar-refractivity contribution < 1.29 is 23.2 Å². The number of rotatable bonds is 7. The number of anilines is 1. The number of fused-ring (bicyclic) bond motifs is 1. The number of hydrogen-bond donors (Lipinski definition) is 1. The van der Waals surface area contributed by atoms with Crippen molar-refractivity contribution in [3.05, 3.63) is 74.9 Å². The molecule has 0 aliphatic carbocycles. The molecular formula is C29H30ClF2N7O4.